The molecular weight excluding hydrogens is 566 g/mol. The Morgan fingerprint density at radius 3 is 2.20 bits per heavy atom. The second-order valence-corrected chi connectivity index (χ2v) is 14.5. The van der Waals surface area contributed by atoms with Crippen LogP contribution in [-0.4, -0.2) is 65.5 Å². The third-order valence-electron chi connectivity index (χ3n) is 11.2. The van der Waals surface area contributed by atoms with Gasteiger partial charge in [-0.25, -0.2) is 4.99 Å². The first-order valence-corrected chi connectivity index (χ1v) is 18.3. The van der Waals surface area contributed by atoms with E-state index in [0.29, 0.717) is 31.0 Å². The standard InChI is InChI=1S/C40H53N5O/c46-39(45(28-30-12-4-1-5-13-30)38-29-44-24-22-33(38)23-25-44)37(27-31-20-21-32-14-10-11-15-34(32)26-31)43-40(41-35-16-6-2-7-17-35)42-36-18-8-3-9-19-36/h1,4-5,10-15,20-21,26,33,35-38H,2-3,6-9,16-19,22-25,27-29H2,(H2,41,42,43)/t37-,38?/m0/s1. The molecule has 3 aliphatic heterocycles. The van der Waals surface area contributed by atoms with Crippen molar-refractivity contribution in [3.05, 3.63) is 83.9 Å². The molecule has 0 aromatic heterocycles. The summed E-state index contributed by atoms with van der Waals surface area (Å²) in [5.74, 6) is 1.62. The van der Waals surface area contributed by atoms with Crippen LogP contribution < -0.4 is 10.6 Å². The summed E-state index contributed by atoms with van der Waals surface area (Å²) >= 11 is 0. The number of hydrogen-bond donors (Lipinski definition) is 2. The number of amides is 1. The van der Waals surface area contributed by atoms with Crippen LogP contribution in [0.25, 0.3) is 10.8 Å². The van der Waals surface area contributed by atoms with Gasteiger partial charge in [-0.15, -0.1) is 0 Å². The van der Waals surface area contributed by atoms with Gasteiger partial charge in [0.05, 0.1) is 6.04 Å². The first-order valence-electron chi connectivity index (χ1n) is 18.3. The molecule has 6 heteroatoms. The van der Waals surface area contributed by atoms with Crippen LogP contribution >= 0.6 is 0 Å². The summed E-state index contributed by atoms with van der Waals surface area (Å²) in [6.07, 6.45) is 15.3. The Morgan fingerprint density at radius 2 is 1.48 bits per heavy atom. The van der Waals surface area contributed by atoms with Crippen LogP contribution in [0.1, 0.15) is 88.2 Å². The lowest BCUT2D eigenvalue weighted by atomic mass is 9.82. The number of carbonyl (C=O) groups excluding carboxylic acids is 1. The number of piperidine rings is 3. The Bertz CT molecular complexity index is 1450. The Labute approximate surface area is 276 Å². The number of fused-ring (bicyclic) bond motifs is 4. The predicted octanol–water partition coefficient (Wildman–Crippen LogP) is 7.07. The van der Waals surface area contributed by atoms with Crippen molar-refractivity contribution in [2.75, 3.05) is 19.6 Å². The van der Waals surface area contributed by atoms with Gasteiger partial charge in [0.25, 0.3) is 0 Å². The molecular formula is C40H53N5O. The molecule has 3 heterocycles. The molecule has 46 heavy (non-hydrogen) atoms. The molecule has 3 saturated heterocycles. The fraction of sp³-hybridized carbons (Fsp3) is 0.550. The maximum absolute atomic E-state index is 15.2. The number of benzene rings is 3. The van der Waals surface area contributed by atoms with E-state index in [2.05, 4.69) is 93.2 Å². The van der Waals surface area contributed by atoms with Crippen LogP contribution in [0.2, 0.25) is 0 Å². The van der Waals surface area contributed by atoms with Gasteiger partial charge < -0.3 is 20.4 Å². The number of carbonyl (C=O) groups is 1. The van der Waals surface area contributed by atoms with Gasteiger partial charge in [0, 0.05) is 31.6 Å². The van der Waals surface area contributed by atoms with Gasteiger partial charge in [0.2, 0.25) is 5.91 Å². The lowest BCUT2D eigenvalue weighted by Gasteiger charge is -2.49. The van der Waals surface area contributed by atoms with Crippen molar-refractivity contribution in [1.29, 1.82) is 0 Å². The van der Waals surface area contributed by atoms with E-state index in [1.54, 1.807) is 0 Å². The quantitative estimate of drug-likeness (QED) is 0.199. The summed E-state index contributed by atoms with van der Waals surface area (Å²) in [6.45, 7) is 3.96. The smallest absolute Gasteiger partial charge is 0.246 e. The summed E-state index contributed by atoms with van der Waals surface area (Å²) in [5.41, 5.74) is 2.39. The fourth-order valence-electron chi connectivity index (χ4n) is 8.54. The van der Waals surface area contributed by atoms with Crippen molar-refractivity contribution in [2.45, 2.75) is 114 Å². The highest BCUT2D eigenvalue weighted by molar-refractivity contribution is 5.90. The minimum absolute atomic E-state index is 0.206. The number of aliphatic imine (C=N–C) groups is 1. The van der Waals surface area contributed by atoms with Crippen molar-refractivity contribution < 1.29 is 4.79 Å². The average molecular weight is 620 g/mol. The topological polar surface area (TPSA) is 60.0 Å². The Balaban J connectivity index is 1.22. The van der Waals surface area contributed by atoms with Crippen LogP contribution in [-0.2, 0) is 17.8 Å². The van der Waals surface area contributed by atoms with E-state index in [9.17, 15) is 0 Å². The van der Waals surface area contributed by atoms with E-state index in [1.165, 1.54) is 86.1 Å². The molecule has 8 rings (SSSR count). The van der Waals surface area contributed by atoms with Gasteiger partial charge in [-0.2, -0.15) is 0 Å². The number of rotatable bonds is 9. The van der Waals surface area contributed by atoms with E-state index in [1.807, 2.05) is 0 Å². The van der Waals surface area contributed by atoms with Gasteiger partial charge in [0.15, 0.2) is 5.96 Å². The van der Waals surface area contributed by atoms with Crippen LogP contribution in [0.5, 0.6) is 0 Å². The molecule has 2 atom stereocenters. The first-order chi connectivity index (χ1) is 22.7. The molecule has 0 spiro atoms. The van der Waals surface area contributed by atoms with Crippen LogP contribution in [0.4, 0.5) is 0 Å². The molecule has 0 radical (unpaired) electrons. The van der Waals surface area contributed by atoms with Crippen molar-refractivity contribution in [1.82, 2.24) is 20.4 Å². The van der Waals surface area contributed by atoms with E-state index in [-0.39, 0.29) is 11.9 Å². The normalized spacial score (nSPS) is 24.9. The van der Waals surface area contributed by atoms with E-state index < -0.39 is 6.04 Å². The molecule has 1 amide bonds. The van der Waals surface area contributed by atoms with Crippen molar-refractivity contribution in [3.63, 3.8) is 0 Å². The number of guanidine groups is 1. The zero-order valence-electron chi connectivity index (χ0n) is 27.6. The van der Waals surface area contributed by atoms with Crippen LogP contribution in [0.15, 0.2) is 77.8 Å². The number of hydrogen-bond acceptors (Lipinski definition) is 3. The van der Waals surface area contributed by atoms with Gasteiger partial charge in [-0.3, -0.25) is 4.79 Å². The Kier molecular flexibility index (Phi) is 10.2. The number of nitrogens with zero attached hydrogens (tertiary/aromatic N) is 3. The lowest BCUT2D eigenvalue weighted by molar-refractivity contribution is -0.140. The molecule has 1 unspecified atom stereocenters. The monoisotopic (exact) mass is 619 g/mol. The predicted molar refractivity (Wildman–Crippen MR) is 189 cm³/mol. The second kappa shape index (κ2) is 15.0. The summed E-state index contributed by atoms with van der Waals surface area (Å²) in [6, 6.07) is 26.4. The molecule has 3 aromatic rings. The third kappa shape index (κ3) is 7.76. The van der Waals surface area contributed by atoms with E-state index in [0.717, 1.165) is 38.4 Å². The minimum atomic E-state index is -0.404. The fourth-order valence-corrected chi connectivity index (χ4v) is 8.54. The van der Waals surface area contributed by atoms with Gasteiger partial charge >= 0.3 is 0 Å². The SMILES string of the molecule is O=C([C@H](Cc1ccc2ccccc2c1)NC(=NC1CCCCC1)NC1CCCCC1)N(Cc1ccccc1)C1CN2CCC1CC2. The largest absolute Gasteiger partial charge is 0.354 e. The van der Waals surface area contributed by atoms with E-state index in [4.69, 9.17) is 4.99 Å². The third-order valence-corrected chi connectivity index (χ3v) is 11.2. The summed E-state index contributed by atoms with van der Waals surface area (Å²) < 4.78 is 0. The van der Waals surface area contributed by atoms with Crippen LogP contribution in [0.3, 0.4) is 0 Å². The highest BCUT2D eigenvalue weighted by atomic mass is 16.2. The minimum Gasteiger partial charge on any atom is -0.354 e. The molecule has 2 N–H and O–H groups in total. The maximum atomic E-state index is 15.2. The summed E-state index contributed by atoms with van der Waals surface area (Å²) in [5, 5.41) is 10.1. The molecule has 5 fully saturated rings. The molecule has 5 aliphatic rings. The molecule has 2 aliphatic carbocycles. The first kappa shape index (κ1) is 31.2. The molecule has 2 bridgehead atoms. The molecule has 2 saturated carbocycles. The average Bonchev–Trinajstić information content (AvgIpc) is 3.12. The van der Waals surface area contributed by atoms with Gasteiger partial charge in [0.1, 0.15) is 6.04 Å². The lowest BCUT2D eigenvalue weighted by Crippen LogP contribution is -2.62. The zero-order chi connectivity index (χ0) is 31.1. The Hall–Kier alpha value is -3.38. The van der Waals surface area contributed by atoms with Gasteiger partial charge in [-0.1, -0.05) is 111 Å². The van der Waals surface area contributed by atoms with Crippen molar-refractivity contribution in [3.8, 4) is 0 Å². The van der Waals surface area contributed by atoms with Gasteiger partial charge in [-0.05, 0) is 79.4 Å². The molecule has 244 valence electrons. The maximum Gasteiger partial charge on any atom is 0.246 e. The number of nitrogens with one attached hydrogen (secondary N) is 2. The molecule has 3 aromatic carbocycles. The summed E-state index contributed by atoms with van der Waals surface area (Å²) in [7, 11) is 0. The van der Waals surface area contributed by atoms with Crippen LogP contribution in [0, 0.1) is 5.92 Å². The van der Waals surface area contributed by atoms with Crippen molar-refractivity contribution in [2.24, 2.45) is 10.9 Å². The summed E-state index contributed by atoms with van der Waals surface area (Å²) in [4.78, 5) is 25.4. The molecule has 6 nitrogen and oxygen atoms in total. The highest BCUT2D eigenvalue weighted by Crippen LogP contribution is 2.33. The highest BCUT2D eigenvalue weighted by Gasteiger charge is 2.41. The second-order valence-electron chi connectivity index (χ2n) is 14.5. The van der Waals surface area contributed by atoms with Crippen molar-refractivity contribution >= 4 is 22.6 Å². The zero-order valence-corrected chi connectivity index (χ0v) is 27.6. The Morgan fingerprint density at radius 1 is 0.783 bits per heavy atom. The van der Waals surface area contributed by atoms with E-state index >= 15 is 4.79 Å².